The average molecular weight is 622 g/mol. The molecule has 0 bridgehead atoms. The minimum Gasteiger partial charge on any atom is -0.257 e. The van der Waals surface area contributed by atoms with Crippen LogP contribution < -0.4 is 20.9 Å². The molecule has 236 valence electrons. The maximum atomic E-state index is 4.75. The van der Waals surface area contributed by atoms with Gasteiger partial charge in [-0.1, -0.05) is 129 Å². The van der Waals surface area contributed by atoms with Crippen molar-refractivity contribution in [2.24, 2.45) is 11.8 Å². The van der Waals surface area contributed by atoms with Gasteiger partial charge >= 0.3 is 0 Å². The molecule has 2 unspecified atom stereocenters. The van der Waals surface area contributed by atoms with Crippen LogP contribution in [0.2, 0.25) is 0 Å². The summed E-state index contributed by atoms with van der Waals surface area (Å²) in [5.41, 5.74) is 12.3. The average Bonchev–Trinajstić information content (AvgIpc) is 3.17. The molecule has 0 aliphatic heterocycles. The minimum absolute atomic E-state index is 0.283. The molecule has 4 aromatic rings. The lowest BCUT2D eigenvalue weighted by atomic mass is 9.68. The van der Waals surface area contributed by atoms with Gasteiger partial charge in [0.15, 0.2) is 0 Å². The van der Waals surface area contributed by atoms with Crippen LogP contribution in [-0.4, -0.2) is 4.98 Å². The number of hydrogen-bond donors (Lipinski definition) is 0. The first-order valence-corrected chi connectivity index (χ1v) is 18.3. The molecule has 48 heavy (non-hydrogen) atoms. The summed E-state index contributed by atoms with van der Waals surface area (Å²) < 4.78 is 0. The minimum atomic E-state index is 0.283. The van der Waals surface area contributed by atoms with Gasteiger partial charge < -0.3 is 0 Å². The van der Waals surface area contributed by atoms with E-state index in [4.69, 9.17) is 4.98 Å². The van der Waals surface area contributed by atoms with Crippen LogP contribution in [0.5, 0.6) is 0 Å². The molecular formula is C47H43N. The fourth-order valence-electron chi connectivity index (χ4n) is 9.27. The predicted octanol–water partition coefficient (Wildman–Crippen LogP) is 8.68. The number of allylic oxidation sites excluding steroid dienone is 8. The monoisotopic (exact) mass is 621 g/mol. The van der Waals surface area contributed by atoms with Crippen LogP contribution in [0.4, 0.5) is 0 Å². The van der Waals surface area contributed by atoms with Gasteiger partial charge in [-0.15, -0.1) is 0 Å². The van der Waals surface area contributed by atoms with E-state index in [1.54, 1.807) is 16.7 Å². The van der Waals surface area contributed by atoms with Gasteiger partial charge in [0.2, 0.25) is 0 Å². The van der Waals surface area contributed by atoms with E-state index < -0.39 is 0 Å². The lowest BCUT2D eigenvalue weighted by molar-refractivity contribution is 0.442. The Morgan fingerprint density at radius 2 is 1.35 bits per heavy atom. The first-order chi connectivity index (χ1) is 23.8. The van der Waals surface area contributed by atoms with Gasteiger partial charge in [-0.2, -0.15) is 0 Å². The molecule has 1 aromatic heterocycles. The predicted molar refractivity (Wildman–Crippen MR) is 202 cm³/mol. The summed E-state index contributed by atoms with van der Waals surface area (Å²) in [6.07, 6.45) is 31.8. The van der Waals surface area contributed by atoms with Crippen molar-refractivity contribution in [2.75, 3.05) is 0 Å². The molecule has 1 heterocycles. The van der Waals surface area contributed by atoms with Crippen molar-refractivity contribution < 1.29 is 0 Å². The fraction of sp³-hybridized carbons (Fsp3) is 0.255. The molecule has 1 saturated carbocycles. The second-order valence-corrected chi connectivity index (χ2v) is 14.2. The van der Waals surface area contributed by atoms with Gasteiger partial charge in [-0.05, 0) is 128 Å². The molecule has 9 rings (SSSR count). The Kier molecular flexibility index (Phi) is 7.77. The van der Waals surface area contributed by atoms with Crippen LogP contribution in [-0.2, 0) is 0 Å². The van der Waals surface area contributed by atoms with Crippen LogP contribution >= 0.6 is 0 Å². The SMILES string of the molecule is C1=CCCC(c2cc(-c3cccc(C4=c5ccccc5=C(C5=c6cccc(C7CCCCC7)c6=CCC5)C5C=CC=CC45)c3)ccn2)=C1. The number of benzene rings is 3. The Morgan fingerprint density at radius 3 is 2.19 bits per heavy atom. The Labute approximate surface area is 284 Å². The van der Waals surface area contributed by atoms with Crippen LogP contribution in [0.1, 0.15) is 80.5 Å². The Morgan fingerprint density at radius 1 is 0.604 bits per heavy atom. The highest BCUT2D eigenvalue weighted by Crippen LogP contribution is 2.42. The molecule has 0 spiro atoms. The van der Waals surface area contributed by atoms with E-state index in [1.165, 1.54) is 80.8 Å². The second-order valence-electron chi connectivity index (χ2n) is 14.2. The largest absolute Gasteiger partial charge is 0.257 e. The first kappa shape index (κ1) is 29.4. The molecular weight excluding hydrogens is 579 g/mol. The third-order valence-electron chi connectivity index (χ3n) is 11.5. The fourth-order valence-corrected chi connectivity index (χ4v) is 9.27. The van der Waals surface area contributed by atoms with Crippen LogP contribution in [0.15, 0.2) is 128 Å². The molecule has 0 radical (unpaired) electrons. The van der Waals surface area contributed by atoms with Crippen molar-refractivity contribution in [3.05, 3.63) is 165 Å². The Bertz CT molecular complexity index is 2290. The van der Waals surface area contributed by atoms with Crippen LogP contribution in [0, 0.1) is 11.8 Å². The van der Waals surface area contributed by atoms with Crippen LogP contribution in [0.3, 0.4) is 0 Å². The maximum absolute atomic E-state index is 4.75. The number of rotatable bonds is 5. The van der Waals surface area contributed by atoms with E-state index in [-0.39, 0.29) is 5.92 Å². The van der Waals surface area contributed by atoms with Crippen molar-refractivity contribution in [3.8, 4) is 11.1 Å². The lowest BCUT2D eigenvalue weighted by Crippen LogP contribution is -2.43. The molecule has 5 aliphatic carbocycles. The number of aromatic nitrogens is 1. The highest BCUT2D eigenvalue weighted by atomic mass is 14.7. The van der Waals surface area contributed by atoms with E-state index >= 15 is 0 Å². The van der Waals surface area contributed by atoms with Crippen LogP contribution in [0.25, 0.3) is 39.5 Å². The zero-order valence-corrected chi connectivity index (χ0v) is 27.7. The maximum Gasteiger partial charge on any atom is 0.0667 e. The van der Waals surface area contributed by atoms with Gasteiger partial charge in [0.25, 0.3) is 0 Å². The smallest absolute Gasteiger partial charge is 0.0667 e. The number of pyridine rings is 1. The molecule has 3 aromatic carbocycles. The van der Waals surface area contributed by atoms with Gasteiger partial charge in [0.05, 0.1) is 5.69 Å². The van der Waals surface area contributed by atoms with Crippen molar-refractivity contribution in [1.29, 1.82) is 0 Å². The third-order valence-corrected chi connectivity index (χ3v) is 11.5. The summed E-state index contributed by atoms with van der Waals surface area (Å²) >= 11 is 0. The molecule has 2 atom stereocenters. The standard InChI is InChI=1S/C47H43N/c1-3-14-32(15-4-1)37-24-12-26-39-38(37)25-13-27-40(39)47-43-22-9-7-20-41(43)46(42-21-8-10-23-44(42)47)36-19-11-18-34(30-36)35-28-29-48-45(31-35)33-16-5-2-6-17-33/h2,5,7-12,16,18-26,28-32,41,43H,1,3-4,6,13-15,17,27H2. The summed E-state index contributed by atoms with van der Waals surface area (Å²) in [4.78, 5) is 4.75. The Balaban J connectivity index is 1.24. The van der Waals surface area contributed by atoms with E-state index in [2.05, 4.69) is 127 Å². The van der Waals surface area contributed by atoms with E-state index in [0.717, 1.165) is 31.4 Å². The lowest BCUT2D eigenvalue weighted by Gasteiger charge is -2.35. The highest BCUT2D eigenvalue weighted by Gasteiger charge is 2.33. The summed E-state index contributed by atoms with van der Waals surface area (Å²) in [5, 5.41) is 5.81. The van der Waals surface area contributed by atoms with E-state index in [1.807, 2.05) is 6.20 Å². The molecule has 5 aliphatic rings. The number of fused-ring (bicyclic) bond motifs is 3. The topological polar surface area (TPSA) is 12.9 Å². The summed E-state index contributed by atoms with van der Waals surface area (Å²) in [5.74, 6) is 1.30. The third kappa shape index (κ3) is 5.21. The quantitative estimate of drug-likeness (QED) is 0.217. The number of hydrogen-bond acceptors (Lipinski definition) is 1. The highest BCUT2D eigenvalue weighted by molar-refractivity contribution is 5.94. The van der Waals surface area contributed by atoms with Gasteiger partial charge in [-0.25, -0.2) is 0 Å². The van der Waals surface area contributed by atoms with E-state index in [9.17, 15) is 0 Å². The van der Waals surface area contributed by atoms with E-state index in [0.29, 0.717) is 11.8 Å². The van der Waals surface area contributed by atoms with Crippen molar-refractivity contribution in [2.45, 2.75) is 63.7 Å². The number of nitrogens with zero attached hydrogens (tertiary/aromatic N) is 1. The van der Waals surface area contributed by atoms with Gasteiger partial charge in [-0.3, -0.25) is 4.98 Å². The first-order valence-electron chi connectivity index (χ1n) is 18.3. The zero-order chi connectivity index (χ0) is 31.9. The van der Waals surface area contributed by atoms with Crippen molar-refractivity contribution in [3.63, 3.8) is 0 Å². The van der Waals surface area contributed by atoms with Crippen molar-refractivity contribution >= 4 is 28.4 Å². The molecule has 0 saturated heterocycles. The molecule has 1 nitrogen and oxygen atoms in total. The molecule has 0 N–H and O–H groups in total. The van der Waals surface area contributed by atoms with Gasteiger partial charge in [0.1, 0.15) is 0 Å². The van der Waals surface area contributed by atoms with Gasteiger partial charge in [0, 0.05) is 18.0 Å². The summed E-state index contributed by atoms with van der Waals surface area (Å²) in [6, 6.07) is 30.2. The Hall–Kier alpha value is -4.75. The summed E-state index contributed by atoms with van der Waals surface area (Å²) in [7, 11) is 0. The second kappa shape index (κ2) is 12.7. The molecule has 1 fully saturated rings. The normalized spacial score (nSPS) is 21.7. The summed E-state index contributed by atoms with van der Waals surface area (Å²) in [6.45, 7) is 0. The van der Waals surface area contributed by atoms with Crippen molar-refractivity contribution in [1.82, 2.24) is 4.98 Å². The zero-order valence-electron chi connectivity index (χ0n) is 27.7. The molecule has 1 heteroatoms. The molecule has 0 amide bonds.